The fourth-order valence-corrected chi connectivity index (χ4v) is 3.79. The van der Waals surface area contributed by atoms with Gasteiger partial charge in [0.05, 0.1) is 11.1 Å². The van der Waals surface area contributed by atoms with Gasteiger partial charge >= 0.3 is 23.9 Å². The zero-order chi connectivity index (χ0) is 37.7. The van der Waals surface area contributed by atoms with Crippen LogP contribution in [0.5, 0.6) is 0 Å². The summed E-state index contributed by atoms with van der Waals surface area (Å²) in [5.41, 5.74) is 5.97. The van der Waals surface area contributed by atoms with Gasteiger partial charge in [-0.3, -0.25) is 14.4 Å². The number of rotatable bonds is 13. The standard InChI is InChI=1S/C7H17N3O.2C7H6O2.C6H10O4.C6H12.2CH4O/c1-2-5-10-7(11-10)6-9-4-3-8;2*8-7(9)6-4-2-1-3-5-6;7-5(8)3-1-2-4-6(9)10;1-2-4-6-5-3-1;2*1-2/h7,9H,2-6,8H2,1H3;2*1-5H,(H,8,9);1-4H2,(H,7,8)(H,9,10);1-6H2;2*2H,1H3. The molecule has 0 amide bonds. The lowest BCUT2D eigenvalue weighted by atomic mass is 10.0. The molecule has 2 unspecified atom stereocenters. The second kappa shape index (κ2) is 36.9. The molecular weight excluding hydrogens is 638 g/mol. The molecule has 1 aliphatic heterocycles. The number of carbonyl (C=O) groups is 4. The fourth-order valence-electron chi connectivity index (χ4n) is 3.79. The molecule has 9 N–H and O–H groups in total. The largest absolute Gasteiger partial charge is 0.481 e. The summed E-state index contributed by atoms with van der Waals surface area (Å²) in [6.07, 6.45) is 11.5. The average molecular weight is 698 g/mol. The zero-order valence-corrected chi connectivity index (χ0v) is 29.2. The van der Waals surface area contributed by atoms with Crippen LogP contribution in [-0.2, 0) is 14.4 Å². The maximum absolute atomic E-state index is 10.2. The van der Waals surface area contributed by atoms with Crippen LogP contribution in [0.4, 0.5) is 0 Å². The Balaban J connectivity index is -0.000000530. The minimum absolute atomic E-state index is 0.0628. The maximum Gasteiger partial charge on any atom is 0.335 e. The molecule has 1 aliphatic carbocycles. The van der Waals surface area contributed by atoms with E-state index in [0.717, 1.165) is 40.3 Å². The molecule has 14 nitrogen and oxygen atoms in total. The highest BCUT2D eigenvalue weighted by molar-refractivity contribution is 5.87. The van der Waals surface area contributed by atoms with Crippen LogP contribution in [-0.4, -0.2) is 106 Å². The number of aliphatic hydroxyl groups excluding tert-OH is 2. The van der Waals surface area contributed by atoms with Crippen molar-refractivity contribution in [3.63, 3.8) is 0 Å². The number of nitrogens with two attached hydrogens (primary N) is 1. The Hall–Kier alpha value is -3.92. The molecule has 0 spiro atoms. The summed E-state index contributed by atoms with van der Waals surface area (Å²) in [6.45, 7) is 5.65. The Morgan fingerprint density at radius 2 is 1.08 bits per heavy atom. The average Bonchev–Trinajstić information content (AvgIpc) is 3.88. The summed E-state index contributed by atoms with van der Waals surface area (Å²) in [7, 11) is 2.00. The van der Waals surface area contributed by atoms with Crippen LogP contribution in [0.2, 0.25) is 0 Å². The van der Waals surface area contributed by atoms with E-state index in [2.05, 4.69) is 12.2 Å². The van der Waals surface area contributed by atoms with Crippen LogP contribution < -0.4 is 11.1 Å². The van der Waals surface area contributed by atoms with Gasteiger partial charge in [0.25, 0.3) is 0 Å². The SMILES string of the molecule is C1CCCCC1.CCCN1OC1CNCCN.CO.CO.O=C(O)CCCCC(=O)O.O=C(O)c1ccccc1.O=C(O)c1ccccc1. The van der Waals surface area contributed by atoms with Gasteiger partial charge in [-0.2, -0.15) is 5.06 Å². The lowest BCUT2D eigenvalue weighted by Crippen LogP contribution is -2.27. The number of benzene rings is 2. The molecule has 0 radical (unpaired) electrons. The van der Waals surface area contributed by atoms with E-state index in [4.69, 9.17) is 41.2 Å². The summed E-state index contributed by atoms with van der Waals surface area (Å²) >= 11 is 0. The number of carboxylic acids is 4. The van der Waals surface area contributed by atoms with E-state index in [-0.39, 0.29) is 12.8 Å². The molecule has 2 aliphatic rings. The first-order valence-corrected chi connectivity index (χ1v) is 16.4. The molecule has 49 heavy (non-hydrogen) atoms. The van der Waals surface area contributed by atoms with Gasteiger partial charge in [0.1, 0.15) is 0 Å². The zero-order valence-electron chi connectivity index (χ0n) is 29.2. The lowest BCUT2D eigenvalue weighted by molar-refractivity contribution is -0.139. The van der Waals surface area contributed by atoms with Crippen molar-refractivity contribution in [3.8, 4) is 0 Å². The monoisotopic (exact) mass is 697 g/mol. The molecule has 2 atom stereocenters. The number of carboxylic acid groups (broad SMARTS) is 4. The van der Waals surface area contributed by atoms with Gasteiger partial charge < -0.3 is 41.7 Å². The molecule has 0 bridgehead atoms. The van der Waals surface area contributed by atoms with Crippen molar-refractivity contribution in [2.24, 2.45) is 5.73 Å². The number of aromatic carboxylic acids is 2. The van der Waals surface area contributed by atoms with Crippen molar-refractivity contribution in [3.05, 3.63) is 71.8 Å². The summed E-state index contributed by atoms with van der Waals surface area (Å²) in [5.74, 6) is -3.50. The third kappa shape index (κ3) is 35.2. The highest BCUT2D eigenvalue weighted by Gasteiger charge is 2.34. The van der Waals surface area contributed by atoms with E-state index in [0.29, 0.717) is 36.7 Å². The Kier molecular flexibility index (Phi) is 37.3. The molecular formula is C35H59N3O11. The predicted molar refractivity (Wildman–Crippen MR) is 188 cm³/mol. The van der Waals surface area contributed by atoms with Crippen molar-refractivity contribution < 1.29 is 54.7 Å². The molecule has 1 saturated heterocycles. The molecule has 1 heterocycles. The molecule has 4 rings (SSSR count). The minimum atomic E-state index is -0.879. The van der Waals surface area contributed by atoms with E-state index in [1.807, 2.05) is 5.06 Å². The number of hydrogen-bond acceptors (Lipinski definition) is 10. The van der Waals surface area contributed by atoms with Crippen LogP contribution in [0.1, 0.15) is 98.3 Å². The van der Waals surface area contributed by atoms with E-state index >= 15 is 0 Å². The van der Waals surface area contributed by atoms with E-state index in [1.165, 1.54) is 38.5 Å². The highest BCUT2D eigenvalue weighted by atomic mass is 16.8. The van der Waals surface area contributed by atoms with E-state index in [1.54, 1.807) is 60.7 Å². The Labute approximate surface area is 290 Å². The van der Waals surface area contributed by atoms with E-state index in [9.17, 15) is 19.2 Å². The summed E-state index contributed by atoms with van der Waals surface area (Å²) in [4.78, 5) is 45.4. The number of hydrogen-bond donors (Lipinski definition) is 8. The van der Waals surface area contributed by atoms with Gasteiger partial charge in [-0.25, -0.2) is 9.59 Å². The van der Waals surface area contributed by atoms with Gasteiger partial charge in [-0.05, 0) is 43.5 Å². The van der Waals surface area contributed by atoms with Gasteiger partial charge in [0.2, 0.25) is 0 Å². The smallest absolute Gasteiger partial charge is 0.335 e. The first kappa shape index (κ1) is 49.5. The molecule has 2 aromatic rings. The number of aliphatic carboxylic acids is 2. The summed E-state index contributed by atoms with van der Waals surface area (Å²) in [5, 5.41) is 52.2. The van der Waals surface area contributed by atoms with Crippen molar-refractivity contribution >= 4 is 23.9 Å². The quantitative estimate of drug-likeness (QED) is 0.106. The molecule has 2 aromatic carbocycles. The second-order valence-corrected chi connectivity index (χ2v) is 10.2. The number of aliphatic hydroxyl groups is 2. The summed E-state index contributed by atoms with van der Waals surface area (Å²) in [6, 6.07) is 16.6. The van der Waals surface area contributed by atoms with Crippen LogP contribution in [0.25, 0.3) is 0 Å². The van der Waals surface area contributed by atoms with Crippen molar-refractivity contribution in [2.45, 2.75) is 83.8 Å². The molecule has 0 aromatic heterocycles. The summed E-state index contributed by atoms with van der Waals surface area (Å²) < 4.78 is 0. The first-order chi connectivity index (χ1) is 23.6. The second-order valence-electron chi connectivity index (χ2n) is 10.2. The van der Waals surface area contributed by atoms with Crippen LogP contribution >= 0.6 is 0 Å². The first-order valence-electron chi connectivity index (χ1n) is 16.4. The number of nitrogens with zero attached hydrogens (tertiary/aromatic N) is 1. The Morgan fingerprint density at radius 3 is 1.35 bits per heavy atom. The predicted octanol–water partition coefficient (Wildman–Crippen LogP) is 4.56. The highest BCUT2D eigenvalue weighted by Crippen LogP contribution is 2.18. The molecule has 280 valence electrons. The van der Waals surface area contributed by atoms with Crippen molar-refractivity contribution in [2.75, 3.05) is 40.4 Å². The number of hydroxylamine groups is 2. The number of nitrogens with one attached hydrogen (secondary N) is 1. The van der Waals surface area contributed by atoms with Crippen LogP contribution in [0.15, 0.2) is 60.7 Å². The topological polar surface area (TPSA) is 243 Å². The van der Waals surface area contributed by atoms with Crippen molar-refractivity contribution in [1.29, 1.82) is 0 Å². The van der Waals surface area contributed by atoms with Gasteiger partial charge in [0, 0.05) is 53.2 Å². The third-order valence-electron chi connectivity index (χ3n) is 6.19. The fraction of sp³-hybridized carbons (Fsp3) is 0.543. The van der Waals surface area contributed by atoms with Crippen LogP contribution in [0.3, 0.4) is 0 Å². The molecule has 2 fully saturated rings. The molecule has 1 saturated carbocycles. The maximum atomic E-state index is 10.2. The van der Waals surface area contributed by atoms with E-state index < -0.39 is 23.9 Å². The van der Waals surface area contributed by atoms with Gasteiger partial charge in [-0.1, -0.05) is 81.8 Å². The number of unbranched alkanes of at least 4 members (excludes halogenated alkanes) is 1. The minimum Gasteiger partial charge on any atom is -0.481 e. The van der Waals surface area contributed by atoms with Gasteiger partial charge in [-0.15, -0.1) is 0 Å². The van der Waals surface area contributed by atoms with Gasteiger partial charge in [0.15, 0.2) is 6.23 Å². The Morgan fingerprint density at radius 1 is 0.714 bits per heavy atom. The van der Waals surface area contributed by atoms with Crippen molar-refractivity contribution in [1.82, 2.24) is 10.4 Å². The Bertz CT molecular complexity index is 980. The third-order valence-corrected chi connectivity index (χ3v) is 6.19. The molecule has 14 heteroatoms. The lowest BCUT2D eigenvalue weighted by Gasteiger charge is -2.05. The van der Waals surface area contributed by atoms with Crippen LogP contribution in [0, 0.1) is 0 Å². The normalized spacial score (nSPS) is 14.8.